The zero-order valence-electron chi connectivity index (χ0n) is 19.6. The number of benzene rings is 3. The summed E-state index contributed by atoms with van der Waals surface area (Å²) in [4.78, 5) is 28.1. The Balaban J connectivity index is 1.48. The van der Waals surface area contributed by atoms with Crippen molar-refractivity contribution in [3.8, 4) is 0 Å². The van der Waals surface area contributed by atoms with Gasteiger partial charge in [0.1, 0.15) is 10.9 Å². The lowest BCUT2D eigenvalue weighted by molar-refractivity contribution is -0.134. The van der Waals surface area contributed by atoms with Crippen molar-refractivity contribution < 1.29 is 18.0 Å². The molecule has 3 aromatic rings. The largest absolute Gasteiger partial charge is 0.340 e. The predicted molar refractivity (Wildman–Crippen MR) is 147 cm³/mol. The molecule has 4 rings (SSSR count). The van der Waals surface area contributed by atoms with Crippen LogP contribution in [0.5, 0.6) is 0 Å². The number of piperazine rings is 1. The zero-order chi connectivity index (χ0) is 26.6. The minimum atomic E-state index is -3.82. The van der Waals surface area contributed by atoms with Gasteiger partial charge >= 0.3 is 0 Å². The maximum Gasteiger partial charge on any atom is 0.251 e. The van der Waals surface area contributed by atoms with Crippen molar-refractivity contribution in [3.63, 3.8) is 0 Å². The average Bonchev–Trinajstić information content (AvgIpc) is 2.88. The number of rotatable bonds is 7. The van der Waals surface area contributed by atoms with Crippen LogP contribution in [0.2, 0.25) is 10.0 Å². The summed E-state index contributed by atoms with van der Waals surface area (Å²) in [5, 5.41) is 3.48. The van der Waals surface area contributed by atoms with Crippen LogP contribution < -0.4 is 5.32 Å². The van der Waals surface area contributed by atoms with Crippen LogP contribution in [0.1, 0.15) is 15.9 Å². The number of hydrogen-bond acceptors (Lipinski definition) is 4. The summed E-state index contributed by atoms with van der Waals surface area (Å²) in [5.74, 6) is -0.665. The average molecular weight is 625 g/mol. The molecule has 1 aliphatic heterocycles. The van der Waals surface area contributed by atoms with Gasteiger partial charge in [0.05, 0.1) is 5.02 Å². The fourth-order valence-electron chi connectivity index (χ4n) is 4.09. The maximum atomic E-state index is 13.5. The summed E-state index contributed by atoms with van der Waals surface area (Å²) < 4.78 is 28.3. The van der Waals surface area contributed by atoms with Gasteiger partial charge in [-0.25, -0.2) is 8.42 Å². The van der Waals surface area contributed by atoms with Crippen LogP contribution in [-0.4, -0.2) is 61.7 Å². The van der Waals surface area contributed by atoms with Crippen molar-refractivity contribution in [3.05, 3.63) is 98.4 Å². The number of hydrogen-bond donors (Lipinski definition) is 1. The van der Waals surface area contributed by atoms with Gasteiger partial charge in [0.2, 0.25) is 15.9 Å². The van der Waals surface area contributed by atoms with E-state index in [0.717, 1.165) is 5.56 Å². The van der Waals surface area contributed by atoms with Crippen molar-refractivity contribution in [2.75, 3.05) is 26.2 Å². The number of nitrogens with zero attached hydrogens (tertiary/aromatic N) is 2. The van der Waals surface area contributed by atoms with E-state index >= 15 is 0 Å². The lowest BCUT2D eigenvalue weighted by Gasteiger charge is -2.36. The van der Waals surface area contributed by atoms with E-state index in [4.69, 9.17) is 23.2 Å². The fourth-order valence-corrected chi connectivity index (χ4v) is 6.64. The van der Waals surface area contributed by atoms with Crippen LogP contribution in [0.3, 0.4) is 0 Å². The lowest BCUT2D eigenvalue weighted by atomic mass is 10.0. The van der Waals surface area contributed by atoms with Crippen LogP contribution in [0.4, 0.5) is 0 Å². The topological polar surface area (TPSA) is 86.8 Å². The Labute approximate surface area is 234 Å². The second-order valence-corrected chi connectivity index (χ2v) is 12.2. The molecule has 0 saturated carbocycles. The van der Waals surface area contributed by atoms with Crippen molar-refractivity contribution in [2.24, 2.45) is 0 Å². The van der Waals surface area contributed by atoms with Crippen LogP contribution in [0, 0.1) is 0 Å². The molecule has 0 bridgehead atoms. The molecular formula is C26H24BrCl2N3O4S. The Kier molecular flexibility index (Phi) is 8.92. The summed E-state index contributed by atoms with van der Waals surface area (Å²) in [6, 6.07) is 19.6. The number of halogens is 3. The number of carbonyl (C=O) groups excluding carboxylic acids is 2. The van der Waals surface area contributed by atoms with Gasteiger partial charge in [0.25, 0.3) is 5.91 Å². The highest BCUT2D eigenvalue weighted by Crippen LogP contribution is 2.28. The Bertz CT molecular complexity index is 1380. The molecule has 0 aliphatic carbocycles. The third-order valence-corrected chi connectivity index (χ3v) is 9.18. The first-order valence-corrected chi connectivity index (χ1v) is 14.5. The molecule has 2 amide bonds. The predicted octanol–water partition coefficient (Wildman–Crippen LogP) is 4.63. The number of amides is 2. The van der Waals surface area contributed by atoms with Crippen LogP contribution >= 0.6 is 39.1 Å². The minimum Gasteiger partial charge on any atom is -0.340 e. The molecule has 1 aliphatic rings. The Morgan fingerprint density at radius 1 is 0.919 bits per heavy atom. The van der Waals surface area contributed by atoms with Gasteiger partial charge in [-0.05, 0) is 48.0 Å². The Morgan fingerprint density at radius 2 is 1.57 bits per heavy atom. The van der Waals surface area contributed by atoms with E-state index in [1.165, 1.54) is 16.4 Å². The Morgan fingerprint density at radius 3 is 2.19 bits per heavy atom. The summed E-state index contributed by atoms with van der Waals surface area (Å²) in [7, 11) is -3.82. The number of sulfonamides is 1. The molecule has 7 nitrogen and oxygen atoms in total. The van der Waals surface area contributed by atoms with E-state index in [9.17, 15) is 18.0 Å². The van der Waals surface area contributed by atoms with Gasteiger partial charge in [-0.3, -0.25) is 9.59 Å². The Hall–Kier alpha value is -2.43. The molecule has 37 heavy (non-hydrogen) atoms. The summed E-state index contributed by atoms with van der Waals surface area (Å²) in [6.07, 6.45) is 0.298. The highest BCUT2D eigenvalue weighted by molar-refractivity contribution is 9.10. The van der Waals surface area contributed by atoms with E-state index < -0.39 is 22.0 Å². The first-order chi connectivity index (χ1) is 17.6. The lowest BCUT2D eigenvalue weighted by Crippen LogP contribution is -2.56. The van der Waals surface area contributed by atoms with E-state index in [-0.39, 0.29) is 42.0 Å². The maximum absolute atomic E-state index is 13.5. The van der Waals surface area contributed by atoms with Crippen molar-refractivity contribution >= 4 is 61.0 Å². The highest BCUT2D eigenvalue weighted by Gasteiger charge is 2.34. The van der Waals surface area contributed by atoms with Gasteiger partial charge in [-0.1, -0.05) is 69.5 Å². The number of nitrogens with one attached hydrogen (secondary N) is 1. The third-order valence-electron chi connectivity index (χ3n) is 6.05. The summed E-state index contributed by atoms with van der Waals surface area (Å²) in [5.41, 5.74) is 1.28. The van der Waals surface area contributed by atoms with Crippen LogP contribution in [0.15, 0.2) is 82.2 Å². The smallest absolute Gasteiger partial charge is 0.251 e. The van der Waals surface area contributed by atoms with Crippen molar-refractivity contribution in [2.45, 2.75) is 17.4 Å². The fraction of sp³-hybridized carbons (Fsp3) is 0.231. The number of carbonyl (C=O) groups is 2. The molecule has 3 aromatic carbocycles. The van der Waals surface area contributed by atoms with E-state index in [1.54, 1.807) is 35.2 Å². The summed E-state index contributed by atoms with van der Waals surface area (Å²) in [6.45, 7) is 0.607. The molecule has 1 saturated heterocycles. The molecule has 1 fully saturated rings. The van der Waals surface area contributed by atoms with E-state index in [1.807, 2.05) is 30.3 Å². The quantitative estimate of drug-likeness (QED) is 0.415. The molecular weight excluding hydrogens is 601 g/mol. The van der Waals surface area contributed by atoms with Gasteiger partial charge in [0.15, 0.2) is 0 Å². The van der Waals surface area contributed by atoms with E-state index in [2.05, 4.69) is 21.2 Å². The second kappa shape index (κ2) is 12.0. The first-order valence-electron chi connectivity index (χ1n) is 11.5. The molecule has 1 atom stereocenters. The molecule has 1 unspecified atom stereocenters. The molecule has 194 valence electrons. The third kappa shape index (κ3) is 6.72. The molecule has 11 heteroatoms. The van der Waals surface area contributed by atoms with E-state index in [0.29, 0.717) is 21.5 Å². The SMILES string of the molecule is O=C(NC(Cc1ccccc1)C(=O)N1CCN(S(=O)(=O)c2ccc(Br)cc2Cl)CC1)c1ccc(Cl)cc1. The monoisotopic (exact) mass is 623 g/mol. The summed E-state index contributed by atoms with van der Waals surface area (Å²) >= 11 is 15.4. The van der Waals surface area contributed by atoms with Crippen molar-refractivity contribution in [1.29, 1.82) is 0 Å². The van der Waals surface area contributed by atoms with Gasteiger partial charge < -0.3 is 10.2 Å². The molecule has 0 radical (unpaired) electrons. The van der Waals surface area contributed by atoms with Gasteiger partial charge in [-0.2, -0.15) is 4.31 Å². The molecule has 0 aromatic heterocycles. The standard InChI is InChI=1S/C26H24BrCl2N3O4S/c27-20-8-11-24(22(29)17-20)37(35,36)32-14-12-31(13-15-32)26(34)23(16-18-4-2-1-3-5-18)30-25(33)19-6-9-21(28)10-7-19/h1-11,17,23H,12-16H2,(H,30,33). The van der Waals surface area contributed by atoms with Gasteiger partial charge in [-0.15, -0.1) is 0 Å². The normalized spacial score (nSPS) is 15.3. The molecule has 0 spiro atoms. The van der Waals surface area contributed by atoms with Crippen LogP contribution in [-0.2, 0) is 21.2 Å². The minimum absolute atomic E-state index is 0.0225. The van der Waals surface area contributed by atoms with Crippen LogP contribution in [0.25, 0.3) is 0 Å². The molecule has 1 heterocycles. The second-order valence-electron chi connectivity index (χ2n) is 8.53. The highest BCUT2D eigenvalue weighted by atomic mass is 79.9. The molecule has 1 N–H and O–H groups in total. The van der Waals surface area contributed by atoms with Crippen molar-refractivity contribution in [1.82, 2.24) is 14.5 Å². The first kappa shape index (κ1) is 27.6. The van der Waals surface area contributed by atoms with Gasteiger partial charge in [0, 0.05) is 47.7 Å². The zero-order valence-corrected chi connectivity index (χ0v) is 23.5.